The second-order valence-electron chi connectivity index (χ2n) is 5.59. The maximum atomic E-state index is 12.9. The first-order valence-corrected chi connectivity index (χ1v) is 7.19. The summed E-state index contributed by atoms with van der Waals surface area (Å²) in [6.07, 6.45) is 1.69. The zero-order valence-corrected chi connectivity index (χ0v) is 12.4. The van der Waals surface area contributed by atoms with Crippen LogP contribution in [-0.4, -0.2) is 65.1 Å². The summed E-state index contributed by atoms with van der Waals surface area (Å²) in [6.45, 7) is 2.67. The van der Waals surface area contributed by atoms with Gasteiger partial charge in [-0.3, -0.25) is 9.69 Å². The predicted molar refractivity (Wildman–Crippen MR) is 81.8 cm³/mol. The van der Waals surface area contributed by atoms with Crippen LogP contribution in [0.5, 0.6) is 0 Å². The number of ketones is 1. The van der Waals surface area contributed by atoms with Crippen molar-refractivity contribution < 1.29 is 4.79 Å². The number of carbonyl (C=O) groups is 1. The maximum absolute atomic E-state index is 12.9. The fourth-order valence-electron chi connectivity index (χ4n) is 2.73. The molecule has 5 heteroatoms. The predicted octanol–water partition coefficient (Wildman–Crippen LogP) is 1.30. The molecule has 1 aliphatic heterocycles. The van der Waals surface area contributed by atoms with Crippen molar-refractivity contribution in [2.75, 3.05) is 33.7 Å². The lowest BCUT2D eigenvalue weighted by molar-refractivity contribution is 0.0678. The van der Waals surface area contributed by atoms with Crippen molar-refractivity contribution in [2.24, 2.45) is 0 Å². The third-order valence-electron chi connectivity index (χ3n) is 4.05. The maximum Gasteiger partial charge on any atom is 0.199 e. The highest BCUT2D eigenvalue weighted by Crippen LogP contribution is 2.16. The Morgan fingerprint density at radius 2 is 1.90 bits per heavy atom. The van der Waals surface area contributed by atoms with E-state index in [1.54, 1.807) is 16.9 Å². The highest BCUT2D eigenvalue weighted by atomic mass is 16.1. The quantitative estimate of drug-likeness (QED) is 0.797. The van der Waals surface area contributed by atoms with Crippen LogP contribution in [-0.2, 0) is 0 Å². The van der Waals surface area contributed by atoms with Gasteiger partial charge in [-0.15, -0.1) is 0 Å². The summed E-state index contributed by atoms with van der Waals surface area (Å²) in [5.74, 6) is 0.130. The first kappa shape index (κ1) is 14.0. The van der Waals surface area contributed by atoms with Gasteiger partial charge in [0.2, 0.25) is 0 Å². The number of benzene rings is 1. The fourth-order valence-corrected chi connectivity index (χ4v) is 2.73. The lowest BCUT2D eigenvalue weighted by Crippen LogP contribution is -2.53. The van der Waals surface area contributed by atoms with Gasteiger partial charge in [0, 0.05) is 19.6 Å². The van der Waals surface area contributed by atoms with E-state index in [0.29, 0.717) is 5.69 Å². The number of hydrogen-bond acceptors (Lipinski definition) is 4. The van der Waals surface area contributed by atoms with Gasteiger partial charge in [0.1, 0.15) is 5.69 Å². The topological polar surface area (TPSA) is 41.4 Å². The lowest BCUT2D eigenvalue weighted by atomic mass is 10.1. The van der Waals surface area contributed by atoms with Crippen LogP contribution in [0, 0.1) is 0 Å². The van der Waals surface area contributed by atoms with Gasteiger partial charge >= 0.3 is 0 Å². The molecule has 1 saturated heterocycles. The van der Waals surface area contributed by atoms with E-state index in [2.05, 4.69) is 21.9 Å². The molecule has 0 saturated carbocycles. The van der Waals surface area contributed by atoms with Crippen LogP contribution >= 0.6 is 0 Å². The highest BCUT2D eigenvalue weighted by molar-refractivity contribution is 5.99. The molecule has 3 rings (SSSR count). The summed E-state index contributed by atoms with van der Waals surface area (Å²) in [4.78, 5) is 17.2. The van der Waals surface area contributed by atoms with Gasteiger partial charge < -0.3 is 4.90 Å². The summed E-state index contributed by atoms with van der Waals surface area (Å²) >= 11 is 0. The molecule has 0 aliphatic carbocycles. The van der Waals surface area contributed by atoms with Gasteiger partial charge in [0.25, 0.3) is 0 Å². The Balaban J connectivity index is 1.91. The van der Waals surface area contributed by atoms with Gasteiger partial charge in [-0.05, 0) is 32.3 Å². The Kier molecular flexibility index (Phi) is 3.86. The summed E-state index contributed by atoms with van der Waals surface area (Å²) < 4.78 is 1.73. The lowest BCUT2D eigenvalue weighted by Gasteiger charge is -2.36. The van der Waals surface area contributed by atoms with Crippen molar-refractivity contribution in [3.8, 4) is 5.69 Å². The molecule has 0 spiro atoms. The molecular weight excluding hydrogens is 264 g/mol. The molecule has 2 heterocycles. The van der Waals surface area contributed by atoms with Gasteiger partial charge in [-0.25, -0.2) is 4.68 Å². The van der Waals surface area contributed by atoms with Crippen molar-refractivity contribution in [3.63, 3.8) is 0 Å². The van der Waals surface area contributed by atoms with E-state index in [9.17, 15) is 4.79 Å². The van der Waals surface area contributed by atoms with E-state index in [1.807, 2.05) is 37.4 Å². The van der Waals surface area contributed by atoms with Crippen molar-refractivity contribution in [1.82, 2.24) is 19.6 Å². The zero-order chi connectivity index (χ0) is 14.8. The molecule has 1 aromatic heterocycles. The van der Waals surface area contributed by atoms with Crippen LogP contribution in [0.15, 0.2) is 42.6 Å². The van der Waals surface area contributed by atoms with Gasteiger partial charge in [-0.2, -0.15) is 5.10 Å². The van der Waals surface area contributed by atoms with Crippen molar-refractivity contribution >= 4 is 5.78 Å². The Bertz CT molecular complexity index is 622. The van der Waals surface area contributed by atoms with Crippen molar-refractivity contribution in [3.05, 3.63) is 48.3 Å². The largest absolute Gasteiger partial charge is 0.303 e. The molecule has 1 aromatic carbocycles. The number of aromatic nitrogens is 2. The van der Waals surface area contributed by atoms with Crippen LogP contribution < -0.4 is 0 Å². The molecule has 5 nitrogen and oxygen atoms in total. The molecule has 1 unspecified atom stereocenters. The molecule has 0 N–H and O–H groups in total. The number of para-hydroxylation sites is 1. The molecule has 110 valence electrons. The minimum Gasteiger partial charge on any atom is -0.303 e. The second-order valence-corrected chi connectivity index (χ2v) is 5.59. The van der Waals surface area contributed by atoms with Crippen LogP contribution in [0.4, 0.5) is 0 Å². The average molecular weight is 284 g/mol. The number of Topliss-reactive ketones (excluding diaryl/α,β-unsaturated/α-hetero) is 1. The normalized spacial score (nSPS) is 20.6. The number of nitrogens with zero attached hydrogens (tertiary/aromatic N) is 4. The molecule has 2 aromatic rings. The van der Waals surface area contributed by atoms with Crippen LogP contribution in [0.3, 0.4) is 0 Å². The monoisotopic (exact) mass is 284 g/mol. The van der Waals surface area contributed by atoms with E-state index in [4.69, 9.17) is 0 Å². The number of carbonyl (C=O) groups excluding carboxylic acids is 1. The van der Waals surface area contributed by atoms with Gasteiger partial charge in [-0.1, -0.05) is 18.2 Å². The molecule has 0 amide bonds. The van der Waals surface area contributed by atoms with Gasteiger partial charge in [0.15, 0.2) is 5.78 Å². The Morgan fingerprint density at radius 1 is 1.14 bits per heavy atom. The average Bonchev–Trinajstić information content (AvgIpc) is 2.99. The summed E-state index contributed by atoms with van der Waals surface area (Å²) in [6, 6.07) is 11.5. The molecule has 21 heavy (non-hydrogen) atoms. The summed E-state index contributed by atoms with van der Waals surface area (Å²) in [5.41, 5.74) is 1.56. The Labute approximate surface area is 124 Å². The van der Waals surface area contributed by atoms with E-state index >= 15 is 0 Å². The van der Waals surface area contributed by atoms with E-state index in [0.717, 1.165) is 25.3 Å². The second kappa shape index (κ2) is 5.79. The first-order valence-electron chi connectivity index (χ1n) is 7.19. The highest BCUT2D eigenvalue weighted by Gasteiger charge is 2.31. The molecule has 1 aliphatic rings. The van der Waals surface area contributed by atoms with Crippen LogP contribution in [0.2, 0.25) is 0 Å². The number of rotatable bonds is 3. The third kappa shape index (κ3) is 2.75. The number of likely N-dealkylation sites (N-methyl/N-ethyl adjacent to an activating group) is 2. The van der Waals surface area contributed by atoms with Crippen molar-refractivity contribution in [2.45, 2.75) is 6.04 Å². The standard InChI is InChI=1S/C16H20N4O/c1-18-10-11-19(2)15(12-18)16(21)14-8-9-17-20(14)13-6-4-3-5-7-13/h3-9,15H,10-12H2,1-2H3. The minimum absolute atomic E-state index is 0.108. The summed E-state index contributed by atoms with van der Waals surface area (Å²) in [5, 5.41) is 4.31. The van der Waals surface area contributed by atoms with Gasteiger partial charge in [0.05, 0.1) is 17.9 Å². The van der Waals surface area contributed by atoms with Crippen LogP contribution in [0.25, 0.3) is 5.69 Å². The Morgan fingerprint density at radius 3 is 2.67 bits per heavy atom. The fraction of sp³-hybridized carbons (Fsp3) is 0.375. The molecular formula is C16H20N4O. The molecule has 0 bridgehead atoms. The zero-order valence-electron chi connectivity index (χ0n) is 12.4. The summed E-state index contributed by atoms with van der Waals surface area (Å²) in [7, 11) is 4.07. The van der Waals surface area contributed by atoms with Crippen molar-refractivity contribution in [1.29, 1.82) is 0 Å². The molecule has 1 fully saturated rings. The smallest absolute Gasteiger partial charge is 0.199 e. The SMILES string of the molecule is CN1CCN(C)C(C(=O)c2ccnn2-c2ccccc2)C1. The van der Waals surface area contributed by atoms with Crippen LogP contribution in [0.1, 0.15) is 10.5 Å². The minimum atomic E-state index is -0.108. The Hall–Kier alpha value is -1.98. The van der Waals surface area contributed by atoms with E-state index in [-0.39, 0.29) is 11.8 Å². The number of hydrogen-bond donors (Lipinski definition) is 0. The first-order chi connectivity index (χ1) is 10.2. The molecule has 0 radical (unpaired) electrons. The molecule has 1 atom stereocenters. The number of piperazine rings is 1. The third-order valence-corrected chi connectivity index (χ3v) is 4.05. The van der Waals surface area contributed by atoms with E-state index < -0.39 is 0 Å². The van der Waals surface area contributed by atoms with E-state index in [1.165, 1.54) is 0 Å².